The zero-order valence-electron chi connectivity index (χ0n) is 9.47. The van der Waals surface area contributed by atoms with E-state index in [4.69, 9.17) is 5.73 Å². The van der Waals surface area contributed by atoms with E-state index >= 15 is 0 Å². The number of aromatic nitrogens is 3. The lowest BCUT2D eigenvalue weighted by Gasteiger charge is -2.06. The van der Waals surface area contributed by atoms with E-state index in [1.807, 2.05) is 6.07 Å². The summed E-state index contributed by atoms with van der Waals surface area (Å²) in [6.45, 7) is 0.769. The van der Waals surface area contributed by atoms with Gasteiger partial charge in [0.1, 0.15) is 5.52 Å². The van der Waals surface area contributed by atoms with Crippen LogP contribution in [0.1, 0.15) is 19.3 Å². The molecule has 0 aliphatic carbocycles. The summed E-state index contributed by atoms with van der Waals surface area (Å²) in [5.74, 6) is 0.560. The fourth-order valence-corrected chi connectivity index (χ4v) is 1.62. The highest BCUT2D eigenvalue weighted by Gasteiger charge is 2.01. The van der Waals surface area contributed by atoms with E-state index in [2.05, 4.69) is 15.4 Å². The number of fused-ring (bicyclic) bond motifs is 1. The fraction of sp³-hybridized carbons (Fsp3) is 0.364. The Morgan fingerprint density at radius 1 is 1.41 bits per heavy atom. The molecule has 0 bridgehead atoms. The summed E-state index contributed by atoms with van der Waals surface area (Å²) >= 11 is 0. The van der Waals surface area contributed by atoms with Crippen LogP contribution >= 0.6 is 0 Å². The number of hydrogen-bond acceptors (Lipinski definition) is 4. The average Bonchev–Trinajstić information content (AvgIpc) is 2.77. The highest BCUT2D eigenvalue weighted by molar-refractivity contribution is 5.73. The molecule has 3 N–H and O–H groups in total. The number of carbonyl (C=O) groups excluding carboxylic acids is 1. The summed E-state index contributed by atoms with van der Waals surface area (Å²) in [5, 5.41) is 7.35. The zero-order valence-corrected chi connectivity index (χ0v) is 9.47. The van der Waals surface area contributed by atoms with Crippen LogP contribution in [-0.2, 0) is 4.79 Å². The molecule has 0 atom stereocenters. The molecular weight excluding hydrogens is 218 g/mol. The second-order valence-corrected chi connectivity index (χ2v) is 3.79. The van der Waals surface area contributed by atoms with E-state index in [0.29, 0.717) is 6.42 Å². The van der Waals surface area contributed by atoms with Gasteiger partial charge in [-0.2, -0.15) is 5.10 Å². The molecule has 0 saturated carbocycles. The van der Waals surface area contributed by atoms with Crippen LogP contribution in [0.15, 0.2) is 24.7 Å². The first-order chi connectivity index (χ1) is 8.27. The van der Waals surface area contributed by atoms with Gasteiger partial charge in [-0.15, -0.1) is 0 Å². The van der Waals surface area contributed by atoms with Crippen molar-refractivity contribution >= 4 is 17.2 Å². The van der Waals surface area contributed by atoms with Gasteiger partial charge in [-0.3, -0.25) is 4.79 Å². The predicted octanol–water partition coefficient (Wildman–Crippen LogP) is 0.797. The van der Waals surface area contributed by atoms with E-state index in [1.54, 1.807) is 23.1 Å². The van der Waals surface area contributed by atoms with Crippen LogP contribution in [0.3, 0.4) is 0 Å². The number of nitrogens with two attached hydrogens (primary N) is 1. The Morgan fingerprint density at radius 3 is 3.12 bits per heavy atom. The third-order valence-corrected chi connectivity index (χ3v) is 2.47. The number of nitrogens with zero attached hydrogens (tertiary/aromatic N) is 3. The Labute approximate surface area is 98.8 Å². The van der Waals surface area contributed by atoms with Gasteiger partial charge in [0.15, 0.2) is 5.82 Å². The van der Waals surface area contributed by atoms with Gasteiger partial charge in [0.05, 0.1) is 6.20 Å². The molecule has 0 aliphatic heterocycles. The van der Waals surface area contributed by atoms with Crippen molar-refractivity contribution in [1.29, 1.82) is 0 Å². The molecule has 2 heterocycles. The molecule has 0 fully saturated rings. The average molecular weight is 233 g/mol. The Bertz CT molecular complexity index is 507. The van der Waals surface area contributed by atoms with Crippen molar-refractivity contribution in [2.75, 3.05) is 11.9 Å². The van der Waals surface area contributed by atoms with Crippen LogP contribution in [0.5, 0.6) is 0 Å². The second-order valence-electron chi connectivity index (χ2n) is 3.79. The number of nitrogens with one attached hydrogen (secondary N) is 1. The highest BCUT2D eigenvalue weighted by atomic mass is 16.1. The molecule has 6 heteroatoms. The quantitative estimate of drug-likeness (QED) is 0.722. The number of anilines is 1. The lowest BCUT2D eigenvalue weighted by Crippen LogP contribution is -2.11. The molecule has 2 aromatic rings. The smallest absolute Gasteiger partial charge is 0.217 e. The van der Waals surface area contributed by atoms with Crippen LogP contribution in [0.2, 0.25) is 0 Å². The Balaban J connectivity index is 1.86. The van der Waals surface area contributed by atoms with E-state index in [9.17, 15) is 4.79 Å². The molecule has 17 heavy (non-hydrogen) atoms. The molecule has 0 saturated heterocycles. The number of rotatable bonds is 6. The van der Waals surface area contributed by atoms with Gasteiger partial charge in [-0.1, -0.05) is 0 Å². The van der Waals surface area contributed by atoms with E-state index in [1.165, 1.54) is 0 Å². The molecule has 6 nitrogen and oxygen atoms in total. The third-order valence-electron chi connectivity index (χ3n) is 2.47. The Kier molecular flexibility index (Phi) is 3.54. The van der Waals surface area contributed by atoms with Gasteiger partial charge in [-0.05, 0) is 18.9 Å². The van der Waals surface area contributed by atoms with Crippen molar-refractivity contribution in [3.05, 3.63) is 24.7 Å². The summed E-state index contributed by atoms with van der Waals surface area (Å²) in [6.07, 6.45) is 7.35. The monoisotopic (exact) mass is 233 g/mol. The van der Waals surface area contributed by atoms with Gasteiger partial charge in [0.2, 0.25) is 5.91 Å². The number of unbranched alkanes of at least 4 members (excludes halogenated alkanes) is 1. The van der Waals surface area contributed by atoms with Crippen LogP contribution in [-0.4, -0.2) is 27.0 Å². The number of carbonyl (C=O) groups is 1. The summed E-state index contributed by atoms with van der Waals surface area (Å²) < 4.78 is 1.76. The number of amides is 1. The summed E-state index contributed by atoms with van der Waals surface area (Å²) in [7, 11) is 0. The fourth-order valence-electron chi connectivity index (χ4n) is 1.62. The minimum Gasteiger partial charge on any atom is -0.370 e. The van der Waals surface area contributed by atoms with Crippen molar-refractivity contribution in [2.24, 2.45) is 5.73 Å². The third kappa shape index (κ3) is 2.93. The molecule has 0 radical (unpaired) electrons. The summed E-state index contributed by atoms with van der Waals surface area (Å²) in [6, 6.07) is 1.90. The standard InChI is InChI=1S/C11H15N5O/c12-10(17)3-1-2-5-13-11-9-4-6-15-16(9)8-7-14-11/h4,6-8H,1-3,5H2,(H2,12,17)(H,13,14). The minimum absolute atomic E-state index is 0.249. The van der Waals surface area contributed by atoms with Crippen LogP contribution in [0.4, 0.5) is 5.82 Å². The van der Waals surface area contributed by atoms with Crippen LogP contribution in [0.25, 0.3) is 5.52 Å². The van der Waals surface area contributed by atoms with Crippen molar-refractivity contribution in [2.45, 2.75) is 19.3 Å². The highest BCUT2D eigenvalue weighted by Crippen LogP contribution is 2.12. The zero-order chi connectivity index (χ0) is 12.1. The number of hydrogen-bond donors (Lipinski definition) is 2. The van der Waals surface area contributed by atoms with E-state index < -0.39 is 0 Å². The topological polar surface area (TPSA) is 85.3 Å². The maximum absolute atomic E-state index is 10.6. The van der Waals surface area contributed by atoms with Gasteiger partial charge >= 0.3 is 0 Å². The Morgan fingerprint density at radius 2 is 2.29 bits per heavy atom. The van der Waals surface area contributed by atoms with Crippen molar-refractivity contribution in [1.82, 2.24) is 14.6 Å². The largest absolute Gasteiger partial charge is 0.370 e. The van der Waals surface area contributed by atoms with Gasteiger partial charge in [-0.25, -0.2) is 9.50 Å². The SMILES string of the molecule is NC(=O)CCCCNc1nccn2nccc12. The summed E-state index contributed by atoms with van der Waals surface area (Å²) in [5.41, 5.74) is 6.01. The van der Waals surface area contributed by atoms with Gasteiger partial charge < -0.3 is 11.1 Å². The first-order valence-corrected chi connectivity index (χ1v) is 5.58. The van der Waals surface area contributed by atoms with Crippen LogP contribution in [0, 0.1) is 0 Å². The molecule has 0 spiro atoms. The molecule has 90 valence electrons. The molecule has 2 aromatic heterocycles. The molecule has 0 unspecified atom stereocenters. The van der Waals surface area contributed by atoms with E-state index in [0.717, 1.165) is 30.7 Å². The van der Waals surface area contributed by atoms with Gasteiger partial charge in [0, 0.05) is 25.4 Å². The van der Waals surface area contributed by atoms with Crippen LogP contribution < -0.4 is 11.1 Å². The van der Waals surface area contributed by atoms with E-state index in [-0.39, 0.29) is 5.91 Å². The molecule has 2 rings (SSSR count). The number of primary amides is 1. The maximum Gasteiger partial charge on any atom is 0.217 e. The predicted molar refractivity (Wildman–Crippen MR) is 64.5 cm³/mol. The van der Waals surface area contributed by atoms with Gasteiger partial charge in [0.25, 0.3) is 0 Å². The maximum atomic E-state index is 10.6. The first-order valence-electron chi connectivity index (χ1n) is 5.58. The normalized spacial score (nSPS) is 10.6. The lowest BCUT2D eigenvalue weighted by atomic mass is 10.2. The molecule has 0 aliphatic rings. The molecule has 0 aromatic carbocycles. The lowest BCUT2D eigenvalue weighted by molar-refractivity contribution is -0.118. The molecular formula is C11H15N5O. The minimum atomic E-state index is -0.249. The second kappa shape index (κ2) is 5.29. The summed E-state index contributed by atoms with van der Waals surface area (Å²) in [4.78, 5) is 14.8. The van der Waals surface area contributed by atoms with Crippen molar-refractivity contribution < 1.29 is 4.79 Å². The van der Waals surface area contributed by atoms with Crippen molar-refractivity contribution in [3.63, 3.8) is 0 Å². The van der Waals surface area contributed by atoms with Crippen molar-refractivity contribution in [3.8, 4) is 0 Å². The molecule has 1 amide bonds. The first kappa shape index (κ1) is 11.4. The Hall–Kier alpha value is -2.11.